The molecule has 1 amide bonds. The van der Waals surface area contributed by atoms with E-state index in [9.17, 15) is 9.18 Å². The van der Waals surface area contributed by atoms with Crippen LogP contribution in [0.4, 0.5) is 10.1 Å². The van der Waals surface area contributed by atoms with Gasteiger partial charge in [0.15, 0.2) is 5.00 Å². The molecule has 0 heterocycles. The zero-order valence-corrected chi connectivity index (χ0v) is 12.1. The minimum atomic E-state index is -1.61. The van der Waals surface area contributed by atoms with Gasteiger partial charge in [-0.1, -0.05) is 11.6 Å². The topological polar surface area (TPSA) is 32.3 Å². The fourth-order valence-corrected chi connectivity index (χ4v) is 1.64. The molecule has 1 aromatic rings. The highest BCUT2D eigenvalue weighted by Crippen LogP contribution is 2.23. The molecule has 0 aromatic heterocycles. The molecule has 0 aliphatic rings. The Morgan fingerprint density at radius 1 is 1.56 bits per heavy atom. The van der Waals surface area contributed by atoms with Crippen molar-refractivity contribution in [2.24, 2.45) is 0 Å². The van der Waals surface area contributed by atoms with Crippen LogP contribution in [0.15, 0.2) is 18.2 Å². The fraction of sp³-hybridized carbons (Fsp3) is 0.417. The second-order valence-electron chi connectivity index (χ2n) is 4.39. The van der Waals surface area contributed by atoms with E-state index in [1.165, 1.54) is 11.8 Å². The van der Waals surface area contributed by atoms with Crippen LogP contribution in [0.2, 0.25) is 5.02 Å². The van der Waals surface area contributed by atoms with Crippen LogP contribution in [-0.2, 0) is 0 Å². The van der Waals surface area contributed by atoms with Crippen LogP contribution in [0.3, 0.4) is 0 Å². The number of nitrogens with one attached hydrogen (secondary N) is 1. The quantitative estimate of drug-likeness (QED) is 0.836. The van der Waals surface area contributed by atoms with Crippen LogP contribution in [0, 0.1) is 0 Å². The van der Waals surface area contributed by atoms with Crippen molar-refractivity contribution in [2.45, 2.75) is 11.9 Å². The van der Waals surface area contributed by atoms with E-state index in [1.54, 1.807) is 32.3 Å². The normalized spacial score (nSPS) is 13.9. The van der Waals surface area contributed by atoms with Crippen LogP contribution in [0.1, 0.15) is 17.3 Å². The molecule has 0 fully saturated rings. The van der Waals surface area contributed by atoms with E-state index in [0.717, 1.165) is 0 Å². The molecule has 100 valence electrons. The molecule has 0 aliphatic carbocycles. The molecule has 0 radical (unpaired) electrons. The molecule has 1 rings (SSSR count). The van der Waals surface area contributed by atoms with Gasteiger partial charge in [0.25, 0.3) is 5.91 Å². The van der Waals surface area contributed by atoms with E-state index in [2.05, 4.69) is 17.9 Å². The smallest absolute Gasteiger partial charge is 0.254 e. The number of thiol groups is 1. The van der Waals surface area contributed by atoms with Crippen molar-refractivity contribution < 1.29 is 9.18 Å². The summed E-state index contributed by atoms with van der Waals surface area (Å²) in [5.74, 6) is -0.170. The van der Waals surface area contributed by atoms with E-state index in [-0.39, 0.29) is 12.5 Å². The van der Waals surface area contributed by atoms with Crippen molar-refractivity contribution in [3.63, 3.8) is 0 Å². The van der Waals surface area contributed by atoms with E-state index >= 15 is 0 Å². The first-order chi connectivity index (χ1) is 8.20. The molecule has 1 atom stereocenters. The van der Waals surface area contributed by atoms with Gasteiger partial charge < -0.3 is 10.2 Å². The number of rotatable bonds is 4. The third kappa shape index (κ3) is 4.38. The van der Waals surface area contributed by atoms with Crippen molar-refractivity contribution in [1.29, 1.82) is 0 Å². The highest BCUT2D eigenvalue weighted by atomic mass is 35.5. The Bertz CT molecular complexity index is 446. The Labute approximate surface area is 117 Å². The Morgan fingerprint density at radius 2 is 2.17 bits per heavy atom. The predicted octanol–water partition coefficient (Wildman–Crippen LogP) is 3.07. The summed E-state index contributed by atoms with van der Waals surface area (Å²) in [7, 11) is 3.31. The number of carbonyl (C=O) groups is 1. The molecule has 3 nitrogen and oxygen atoms in total. The minimum Gasteiger partial charge on any atom is -0.381 e. The zero-order valence-electron chi connectivity index (χ0n) is 10.5. The number of hydrogen-bond acceptors (Lipinski definition) is 3. The van der Waals surface area contributed by atoms with Gasteiger partial charge in [0.1, 0.15) is 0 Å². The average Bonchev–Trinajstić information content (AvgIpc) is 2.24. The molecule has 1 N–H and O–H groups in total. The summed E-state index contributed by atoms with van der Waals surface area (Å²) < 4.78 is 13.2. The summed E-state index contributed by atoms with van der Waals surface area (Å²) in [6.45, 7) is 1.40. The van der Waals surface area contributed by atoms with Crippen LogP contribution in [0.5, 0.6) is 0 Å². The van der Waals surface area contributed by atoms with Gasteiger partial charge >= 0.3 is 0 Å². The standard InChI is InChI=1S/C12H16ClFN2OS/c1-12(14,18)7-15-8-4-5-9(10(13)6-8)11(17)16(2)3/h4-6,15,18H,7H2,1-3H3. The summed E-state index contributed by atoms with van der Waals surface area (Å²) in [4.78, 5) is 13.2. The number of benzene rings is 1. The van der Waals surface area contributed by atoms with Crippen LogP contribution < -0.4 is 5.32 Å². The van der Waals surface area contributed by atoms with Gasteiger partial charge in [0.05, 0.1) is 17.1 Å². The number of anilines is 1. The summed E-state index contributed by atoms with van der Waals surface area (Å²) in [5, 5.41) is 1.59. The maximum absolute atomic E-state index is 13.2. The SMILES string of the molecule is CN(C)C(=O)c1ccc(NCC(C)(F)S)cc1Cl. The number of halogens is 2. The van der Waals surface area contributed by atoms with Crippen molar-refractivity contribution >= 4 is 35.8 Å². The Balaban J connectivity index is 2.83. The summed E-state index contributed by atoms with van der Waals surface area (Å²) in [5.41, 5.74) is 1.06. The van der Waals surface area contributed by atoms with Gasteiger partial charge in [-0.25, -0.2) is 4.39 Å². The number of nitrogens with zero attached hydrogens (tertiary/aromatic N) is 1. The Morgan fingerprint density at radius 3 is 2.61 bits per heavy atom. The zero-order chi connectivity index (χ0) is 13.9. The largest absolute Gasteiger partial charge is 0.381 e. The first-order valence-electron chi connectivity index (χ1n) is 5.37. The average molecular weight is 291 g/mol. The summed E-state index contributed by atoms with van der Waals surface area (Å²) in [6.07, 6.45) is 0. The fourth-order valence-electron chi connectivity index (χ4n) is 1.30. The lowest BCUT2D eigenvalue weighted by molar-refractivity contribution is 0.0828. The molecule has 18 heavy (non-hydrogen) atoms. The highest BCUT2D eigenvalue weighted by Gasteiger charge is 2.17. The lowest BCUT2D eigenvalue weighted by atomic mass is 10.2. The van der Waals surface area contributed by atoms with E-state index in [0.29, 0.717) is 16.3 Å². The van der Waals surface area contributed by atoms with E-state index < -0.39 is 5.00 Å². The third-order valence-corrected chi connectivity index (χ3v) is 2.69. The number of carbonyl (C=O) groups excluding carboxylic acids is 1. The lowest BCUT2D eigenvalue weighted by Gasteiger charge is -2.16. The molecular weight excluding hydrogens is 275 g/mol. The highest BCUT2D eigenvalue weighted by molar-refractivity contribution is 7.81. The molecule has 1 aromatic carbocycles. The number of alkyl halides is 1. The number of hydrogen-bond donors (Lipinski definition) is 2. The Hall–Kier alpha value is -0.940. The van der Waals surface area contributed by atoms with Gasteiger partial charge in [0, 0.05) is 19.8 Å². The predicted molar refractivity (Wildman–Crippen MR) is 76.5 cm³/mol. The molecule has 1 unspecified atom stereocenters. The molecule has 0 saturated carbocycles. The van der Waals surface area contributed by atoms with Gasteiger partial charge in [0.2, 0.25) is 0 Å². The maximum atomic E-state index is 13.2. The van der Waals surface area contributed by atoms with E-state index in [4.69, 9.17) is 11.6 Å². The van der Waals surface area contributed by atoms with Crippen LogP contribution in [0.25, 0.3) is 0 Å². The van der Waals surface area contributed by atoms with E-state index in [1.807, 2.05) is 0 Å². The molecule has 0 aliphatic heterocycles. The maximum Gasteiger partial charge on any atom is 0.254 e. The van der Waals surface area contributed by atoms with Crippen molar-refractivity contribution in [2.75, 3.05) is 26.0 Å². The Kier molecular flexibility index (Phi) is 4.87. The summed E-state index contributed by atoms with van der Waals surface area (Å²) in [6, 6.07) is 4.89. The number of amides is 1. The lowest BCUT2D eigenvalue weighted by Crippen LogP contribution is -2.23. The molecule has 0 bridgehead atoms. The second kappa shape index (κ2) is 5.80. The van der Waals surface area contributed by atoms with Gasteiger partial charge in [-0.15, -0.1) is 12.6 Å². The first-order valence-corrected chi connectivity index (χ1v) is 6.19. The minimum absolute atomic E-state index is 0.0490. The van der Waals surface area contributed by atoms with Crippen LogP contribution >= 0.6 is 24.2 Å². The van der Waals surface area contributed by atoms with Crippen molar-refractivity contribution in [3.8, 4) is 0 Å². The molecule has 0 saturated heterocycles. The van der Waals surface area contributed by atoms with Crippen molar-refractivity contribution in [1.82, 2.24) is 4.90 Å². The summed E-state index contributed by atoms with van der Waals surface area (Å²) >= 11 is 9.79. The van der Waals surface area contributed by atoms with Crippen molar-refractivity contribution in [3.05, 3.63) is 28.8 Å². The van der Waals surface area contributed by atoms with Crippen LogP contribution in [-0.4, -0.2) is 36.4 Å². The third-order valence-electron chi connectivity index (χ3n) is 2.22. The molecular formula is C12H16ClFN2OS. The van der Waals surface area contributed by atoms with Gasteiger partial charge in [-0.05, 0) is 25.1 Å². The molecule has 6 heteroatoms. The molecule has 0 spiro atoms. The van der Waals surface area contributed by atoms with Gasteiger partial charge in [-0.2, -0.15) is 0 Å². The second-order valence-corrected chi connectivity index (χ2v) is 5.73. The van der Waals surface area contributed by atoms with Gasteiger partial charge in [-0.3, -0.25) is 4.79 Å². The first kappa shape index (κ1) is 15.1. The monoisotopic (exact) mass is 290 g/mol.